The number of methoxy groups -OCH3 is 1. The molecule has 5 aromatic rings. The van der Waals surface area contributed by atoms with Crippen LogP contribution >= 0.6 is 0 Å². The van der Waals surface area contributed by atoms with Gasteiger partial charge in [0.1, 0.15) is 12.3 Å². The van der Waals surface area contributed by atoms with Gasteiger partial charge in [-0.25, -0.2) is 4.98 Å². The van der Waals surface area contributed by atoms with Gasteiger partial charge in [0.2, 0.25) is 11.9 Å². The number of aryl methyl sites for hydroxylation is 1. The first-order valence-electron chi connectivity index (χ1n) is 14.3. The SMILES string of the molecule is COc1ccc(-c2cn(-c3ccc(C(C)C)cc3)c(NC(=O)CN(Cc3ccccc3)C(=O)c3ccc(C)cc3)n2)cc1. The summed E-state index contributed by atoms with van der Waals surface area (Å²) in [6, 6.07) is 32.9. The summed E-state index contributed by atoms with van der Waals surface area (Å²) in [4.78, 5) is 33.5. The van der Waals surface area contributed by atoms with Crippen molar-refractivity contribution in [2.75, 3.05) is 19.0 Å². The average Bonchev–Trinajstić information content (AvgIpc) is 3.44. The van der Waals surface area contributed by atoms with Gasteiger partial charge >= 0.3 is 0 Å². The van der Waals surface area contributed by atoms with Gasteiger partial charge in [0.25, 0.3) is 5.91 Å². The monoisotopic (exact) mass is 572 g/mol. The van der Waals surface area contributed by atoms with Crippen LogP contribution in [0.3, 0.4) is 0 Å². The lowest BCUT2D eigenvalue weighted by Gasteiger charge is -2.22. The van der Waals surface area contributed by atoms with Crippen molar-refractivity contribution in [1.29, 1.82) is 0 Å². The van der Waals surface area contributed by atoms with E-state index in [-0.39, 0.29) is 18.4 Å². The van der Waals surface area contributed by atoms with E-state index >= 15 is 0 Å². The van der Waals surface area contributed by atoms with Gasteiger partial charge in [0, 0.05) is 29.6 Å². The van der Waals surface area contributed by atoms with E-state index in [1.165, 1.54) is 5.56 Å². The number of hydrogen-bond donors (Lipinski definition) is 1. The number of amides is 2. The van der Waals surface area contributed by atoms with Crippen LogP contribution in [0.1, 0.15) is 46.8 Å². The van der Waals surface area contributed by atoms with Crippen molar-refractivity contribution in [1.82, 2.24) is 14.5 Å². The van der Waals surface area contributed by atoms with Crippen molar-refractivity contribution in [2.45, 2.75) is 33.2 Å². The van der Waals surface area contributed by atoms with Gasteiger partial charge in [0.05, 0.1) is 12.8 Å². The van der Waals surface area contributed by atoms with E-state index in [1.54, 1.807) is 24.1 Å². The summed E-state index contributed by atoms with van der Waals surface area (Å²) >= 11 is 0. The number of imidazole rings is 1. The molecule has 7 nitrogen and oxygen atoms in total. The molecule has 0 radical (unpaired) electrons. The fraction of sp³-hybridized carbons (Fsp3) is 0.194. The van der Waals surface area contributed by atoms with Gasteiger partial charge < -0.3 is 9.64 Å². The second-order valence-electron chi connectivity index (χ2n) is 10.9. The molecule has 1 N–H and O–H groups in total. The van der Waals surface area contributed by atoms with Crippen LogP contribution in [-0.2, 0) is 11.3 Å². The first-order chi connectivity index (χ1) is 20.8. The van der Waals surface area contributed by atoms with E-state index in [2.05, 4.69) is 31.3 Å². The number of carbonyl (C=O) groups excluding carboxylic acids is 2. The lowest BCUT2D eigenvalue weighted by atomic mass is 10.0. The minimum Gasteiger partial charge on any atom is -0.497 e. The Balaban J connectivity index is 1.44. The van der Waals surface area contributed by atoms with E-state index in [1.807, 2.05) is 96.6 Å². The van der Waals surface area contributed by atoms with Gasteiger partial charge in [-0.1, -0.05) is 74.0 Å². The molecule has 0 spiro atoms. The molecule has 0 bridgehead atoms. The predicted molar refractivity (Wildman–Crippen MR) is 171 cm³/mol. The number of carbonyl (C=O) groups is 2. The number of hydrogen-bond acceptors (Lipinski definition) is 4. The Morgan fingerprint density at radius 2 is 1.56 bits per heavy atom. The molecule has 0 saturated carbocycles. The Hall–Kier alpha value is -5.17. The molecule has 1 heterocycles. The lowest BCUT2D eigenvalue weighted by molar-refractivity contribution is -0.117. The molecule has 0 fully saturated rings. The summed E-state index contributed by atoms with van der Waals surface area (Å²) < 4.78 is 7.17. The van der Waals surface area contributed by atoms with Crippen LogP contribution < -0.4 is 10.1 Å². The maximum atomic E-state index is 13.6. The number of ether oxygens (including phenoxy) is 1. The summed E-state index contributed by atoms with van der Waals surface area (Å²) in [6.07, 6.45) is 1.90. The van der Waals surface area contributed by atoms with E-state index in [4.69, 9.17) is 9.72 Å². The standard InChI is InChI=1S/C36H36N4O3/c1-25(2)28-14-18-31(19-15-28)40-23-33(29-16-20-32(43-4)21-17-29)37-36(40)38-34(41)24-39(22-27-8-6-5-7-9-27)35(42)30-12-10-26(3)11-13-30/h5-21,23,25H,22,24H2,1-4H3,(H,37,38,41). The van der Waals surface area contributed by atoms with Crippen LogP contribution in [0.2, 0.25) is 0 Å². The third-order valence-electron chi connectivity index (χ3n) is 7.32. The van der Waals surface area contributed by atoms with E-state index in [0.29, 0.717) is 29.7 Å². The molecule has 0 aliphatic carbocycles. The number of benzene rings is 4. The zero-order valence-corrected chi connectivity index (χ0v) is 25.0. The lowest BCUT2D eigenvalue weighted by Crippen LogP contribution is -2.38. The second kappa shape index (κ2) is 13.2. The summed E-state index contributed by atoms with van der Waals surface area (Å²) in [5.41, 5.74) is 6.19. The molecule has 5 rings (SSSR count). The van der Waals surface area contributed by atoms with Crippen LogP contribution in [-0.4, -0.2) is 39.9 Å². The van der Waals surface area contributed by atoms with Gasteiger partial charge in [0.15, 0.2) is 0 Å². The number of rotatable bonds is 10. The van der Waals surface area contributed by atoms with Crippen molar-refractivity contribution in [3.63, 3.8) is 0 Å². The summed E-state index contributed by atoms with van der Waals surface area (Å²) in [5, 5.41) is 2.99. The van der Waals surface area contributed by atoms with E-state index in [9.17, 15) is 9.59 Å². The number of nitrogens with zero attached hydrogens (tertiary/aromatic N) is 3. The van der Waals surface area contributed by atoms with Crippen molar-refractivity contribution < 1.29 is 14.3 Å². The molecular formula is C36H36N4O3. The molecule has 1 aromatic heterocycles. The molecule has 43 heavy (non-hydrogen) atoms. The van der Waals surface area contributed by atoms with Gasteiger partial charge in [-0.3, -0.25) is 19.5 Å². The largest absolute Gasteiger partial charge is 0.497 e. The molecule has 7 heteroatoms. The molecule has 0 unspecified atom stereocenters. The maximum Gasteiger partial charge on any atom is 0.254 e. The van der Waals surface area contributed by atoms with Crippen LogP contribution in [0.4, 0.5) is 5.95 Å². The fourth-order valence-corrected chi connectivity index (χ4v) is 4.81. The fourth-order valence-electron chi connectivity index (χ4n) is 4.81. The minimum atomic E-state index is -0.344. The van der Waals surface area contributed by atoms with Gasteiger partial charge in [-0.15, -0.1) is 0 Å². The Labute approximate surface area is 252 Å². The third-order valence-corrected chi connectivity index (χ3v) is 7.32. The molecule has 2 amide bonds. The normalized spacial score (nSPS) is 10.9. The molecule has 0 aliphatic rings. The molecule has 4 aromatic carbocycles. The number of anilines is 1. The molecule has 0 atom stereocenters. The first kappa shape index (κ1) is 29.3. The van der Waals surface area contributed by atoms with Crippen molar-refractivity contribution >= 4 is 17.8 Å². The summed E-state index contributed by atoms with van der Waals surface area (Å²) in [6.45, 7) is 6.43. The third kappa shape index (κ3) is 7.19. The molecule has 218 valence electrons. The van der Waals surface area contributed by atoms with Crippen LogP contribution in [0, 0.1) is 6.92 Å². The zero-order chi connectivity index (χ0) is 30.3. The highest BCUT2D eigenvalue weighted by atomic mass is 16.5. The minimum absolute atomic E-state index is 0.140. The van der Waals surface area contributed by atoms with Crippen LogP contribution in [0.5, 0.6) is 5.75 Å². The second-order valence-corrected chi connectivity index (χ2v) is 10.9. The predicted octanol–water partition coefficient (Wildman–Crippen LogP) is 7.26. The Morgan fingerprint density at radius 1 is 0.884 bits per heavy atom. The zero-order valence-electron chi connectivity index (χ0n) is 25.0. The van der Waals surface area contributed by atoms with E-state index in [0.717, 1.165) is 28.1 Å². The molecule has 0 aliphatic heterocycles. The highest BCUT2D eigenvalue weighted by molar-refractivity contribution is 5.99. The molecular weight excluding hydrogens is 536 g/mol. The Kier molecular flexibility index (Phi) is 9.01. The Bertz CT molecular complexity index is 1670. The maximum absolute atomic E-state index is 13.6. The van der Waals surface area contributed by atoms with Crippen molar-refractivity contribution in [3.8, 4) is 22.7 Å². The topological polar surface area (TPSA) is 76.5 Å². The quantitative estimate of drug-likeness (QED) is 0.191. The average molecular weight is 573 g/mol. The smallest absolute Gasteiger partial charge is 0.254 e. The number of aromatic nitrogens is 2. The first-order valence-corrected chi connectivity index (χ1v) is 14.3. The van der Waals surface area contributed by atoms with Gasteiger partial charge in [-0.05, 0) is 72.5 Å². The molecule has 0 saturated heterocycles. The Morgan fingerprint density at radius 3 is 2.19 bits per heavy atom. The highest BCUT2D eigenvalue weighted by Crippen LogP contribution is 2.27. The van der Waals surface area contributed by atoms with Crippen LogP contribution in [0.15, 0.2) is 109 Å². The summed E-state index contributed by atoms with van der Waals surface area (Å²) in [7, 11) is 1.63. The van der Waals surface area contributed by atoms with Crippen molar-refractivity contribution in [3.05, 3.63) is 132 Å². The van der Waals surface area contributed by atoms with Gasteiger partial charge in [-0.2, -0.15) is 0 Å². The summed E-state index contributed by atoms with van der Waals surface area (Å²) in [5.74, 6) is 0.953. The van der Waals surface area contributed by atoms with Crippen molar-refractivity contribution in [2.24, 2.45) is 0 Å². The van der Waals surface area contributed by atoms with E-state index < -0.39 is 0 Å². The van der Waals surface area contributed by atoms with Crippen LogP contribution in [0.25, 0.3) is 16.9 Å². The highest BCUT2D eigenvalue weighted by Gasteiger charge is 2.21. The number of nitrogens with one attached hydrogen (secondary N) is 1.